The number of nitrogens with zero attached hydrogens (tertiary/aromatic N) is 4. The number of carbonyl (C=O) groups is 1. The fourth-order valence-corrected chi connectivity index (χ4v) is 4.06. The number of anilines is 4. The summed E-state index contributed by atoms with van der Waals surface area (Å²) in [4.78, 5) is 25.6. The van der Waals surface area contributed by atoms with E-state index in [1.54, 1.807) is 11.1 Å². The van der Waals surface area contributed by atoms with E-state index in [2.05, 4.69) is 59.2 Å². The molecule has 1 N–H and O–H groups in total. The first-order valence-electron chi connectivity index (χ1n) is 10.2. The number of fused-ring (bicyclic) bond motifs is 1. The Morgan fingerprint density at radius 3 is 2.60 bits per heavy atom. The zero-order chi connectivity index (χ0) is 21.4. The Hall–Kier alpha value is -3.41. The summed E-state index contributed by atoms with van der Waals surface area (Å²) >= 11 is 0. The highest BCUT2D eigenvalue weighted by Gasteiger charge is 2.34. The van der Waals surface area contributed by atoms with Crippen molar-refractivity contribution in [2.75, 3.05) is 22.2 Å². The minimum atomic E-state index is -0.210. The summed E-state index contributed by atoms with van der Waals surface area (Å²) in [5, 5.41) is 3.33. The number of likely N-dealkylation sites (N-methyl/N-ethyl adjacent to an activating group) is 1. The molecule has 6 nitrogen and oxygen atoms in total. The number of benzene rings is 2. The van der Waals surface area contributed by atoms with E-state index in [4.69, 9.17) is 0 Å². The third-order valence-corrected chi connectivity index (χ3v) is 5.50. The predicted octanol–water partition coefficient (Wildman–Crippen LogP) is 4.78. The topological polar surface area (TPSA) is 61.4 Å². The van der Waals surface area contributed by atoms with Crippen LogP contribution in [0.5, 0.6) is 0 Å². The van der Waals surface area contributed by atoms with Gasteiger partial charge < -0.3 is 15.1 Å². The number of hydrogen-bond acceptors (Lipinski definition) is 5. The minimum Gasteiger partial charge on any atom is -0.356 e. The second kappa shape index (κ2) is 7.78. The van der Waals surface area contributed by atoms with Crippen LogP contribution in [0.15, 0.2) is 54.7 Å². The van der Waals surface area contributed by atoms with Gasteiger partial charge in [-0.05, 0) is 58.0 Å². The van der Waals surface area contributed by atoms with Gasteiger partial charge in [0, 0.05) is 30.5 Å². The van der Waals surface area contributed by atoms with Crippen LogP contribution in [-0.2, 0) is 4.79 Å². The summed E-state index contributed by atoms with van der Waals surface area (Å²) in [6.45, 7) is 8.23. The fraction of sp³-hybridized carbons (Fsp3) is 0.292. The summed E-state index contributed by atoms with van der Waals surface area (Å²) < 4.78 is 0. The second-order valence-corrected chi connectivity index (χ2v) is 8.04. The number of nitrogens with one attached hydrogen (secondary N) is 1. The van der Waals surface area contributed by atoms with E-state index in [0.29, 0.717) is 5.95 Å². The molecule has 6 heteroatoms. The molecule has 4 rings (SSSR count). The molecule has 2 aromatic carbocycles. The van der Waals surface area contributed by atoms with Gasteiger partial charge in [-0.15, -0.1) is 0 Å². The van der Waals surface area contributed by atoms with Crippen LogP contribution in [0.1, 0.15) is 26.3 Å². The van der Waals surface area contributed by atoms with Gasteiger partial charge in [-0.3, -0.25) is 4.79 Å². The summed E-state index contributed by atoms with van der Waals surface area (Å²) in [5.41, 5.74) is 5.95. The van der Waals surface area contributed by atoms with Gasteiger partial charge in [-0.1, -0.05) is 23.8 Å². The highest BCUT2D eigenvalue weighted by Crippen LogP contribution is 2.39. The molecule has 0 saturated carbocycles. The second-order valence-electron chi connectivity index (χ2n) is 8.04. The van der Waals surface area contributed by atoms with Gasteiger partial charge in [0.15, 0.2) is 0 Å². The van der Waals surface area contributed by atoms with Gasteiger partial charge in [-0.2, -0.15) is 0 Å². The van der Waals surface area contributed by atoms with Gasteiger partial charge in [0.05, 0.1) is 17.1 Å². The number of rotatable bonds is 4. The van der Waals surface area contributed by atoms with Crippen molar-refractivity contribution in [2.45, 2.75) is 39.8 Å². The maximum Gasteiger partial charge on any atom is 0.249 e. The summed E-state index contributed by atoms with van der Waals surface area (Å²) in [6, 6.07) is 16.2. The maximum atomic E-state index is 12.6. The van der Waals surface area contributed by atoms with Crippen molar-refractivity contribution in [3.05, 3.63) is 60.3 Å². The Bertz CT molecular complexity index is 1090. The summed E-state index contributed by atoms with van der Waals surface area (Å²) in [7, 11) is 1.83. The van der Waals surface area contributed by atoms with Crippen LogP contribution in [0, 0.1) is 6.92 Å². The largest absolute Gasteiger partial charge is 0.356 e. The molecule has 1 amide bonds. The molecular formula is C24H27N5O. The molecule has 0 aliphatic carbocycles. The average molecular weight is 402 g/mol. The molecule has 1 aliphatic rings. The molecular weight excluding hydrogens is 374 g/mol. The first-order valence-corrected chi connectivity index (χ1v) is 10.2. The Labute approximate surface area is 177 Å². The van der Waals surface area contributed by atoms with Crippen molar-refractivity contribution in [2.24, 2.45) is 0 Å². The molecule has 0 bridgehead atoms. The van der Waals surface area contributed by atoms with Gasteiger partial charge in [0.25, 0.3) is 0 Å². The van der Waals surface area contributed by atoms with Gasteiger partial charge in [0.1, 0.15) is 6.04 Å². The van der Waals surface area contributed by atoms with Crippen LogP contribution in [0.3, 0.4) is 0 Å². The Kier molecular flexibility index (Phi) is 5.16. The van der Waals surface area contributed by atoms with E-state index < -0.39 is 0 Å². The lowest BCUT2D eigenvalue weighted by atomic mass is 10.0. The molecule has 154 valence electrons. The van der Waals surface area contributed by atoms with Crippen LogP contribution in [0.25, 0.3) is 11.3 Å². The predicted molar refractivity (Wildman–Crippen MR) is 122 cm³/mol. The van der Waals surface area contributed by atoms with E-state index in [0.717, 1.165) is 28.3 Å². The van der Waals surface area contributed by atoms with Crippen molar-refractivity contribution >= 4 is 28.9 Å². The quantitative estimate of drug-likeness (QED) is 0.682. The lowest BCUT2D eigenvalue weighted by molar-refractivity contribution is -0.119. The van der Waals surface area contributed by atoms with Crippen LogP contribution in [0.4, 0.5) is 23.0 Å². The highest BCUT2D eigenvalue weighted by molar-refractivity contribution is 6.05. The lowest BCUT2D eigenvalue weighted by Crippen LogP contribution is -2.53. The molecule has 0 radical (unpaired) electrons. The monoisotopic (exact) mass is 401 g/mol. The van der Waals surface area contributed by atoms with Crippen molar-refractivity contribution in [3.63, 3.8) is 0 Å². The van der Waals surface area contributed by atoms with Crippen LogP contribution in [0.2, 0.25) is 0 Å². The van der Waals surface area contributed by atoms with Gasteiger partial charge in [0.2, 0.25) is 11.9 Å². The Balaban J connectivity index is 1.67. The SMILES string of the molecule is Cc1cccc(-c2ccnc(Nc3ccc4c(c3)N(C(C)C)[C@H](C)C(=O)N4C)n2)c1. The van der Waals surface area contributed by atoms with Crippen molar-refractivity contribution < 1.29 is 4.79 Å². The van der Waals surface area contributed by atoms with Crippen LogP contribution >= 0.6 is 0 Å². The molecule has 0 unspecified atom stereocenters. The normalized spacial score (nSPS) is 16.1. The molecule has 1 aliphatic heterocycles. The van der Waals surface area contributed by atoms with Crippen molar-refractivity contribution in [3.8, 4) is 11.3 Å². The number of aromatic nitrogens is 2. The van der Waals surface area contributed by atoms with Gasteiger partial charge in [-0.25, -0.2) is 9.97 Å². The van der Waals surface area contributed by atoms with Crippen LogP contribution < -0.4 is 15.1 Å². The molecule has 0 saturated heterocycles. The van der Waals surface area contributed by atoms with E-state index in [9.17, 15) is 4.79 Å². The molecule has 1 atom stereocenters. The molecule has 3 aromatic rings. The van der Waals surface area contributed by atoms with Crippen LogP contribution in [-0.4, -0.2) is 35.0 Å². The summed E-state index contributed by atoms with van der Waals surface area (Å²) in [6.07, 6.45) is 1.76. The fourth-order valence-electron chi connectivity index (χ4n) is 4.06. The lowest BCUT2D eigenvalue weighted by Gasteiger charge is -2.42. The number of carbonyl (C=O) groups excluding carboxylic acids is 1. The zero-order valence-corrected chi connectivity index (χ0v) is 18.0. The van der Waals surface area contributed by atoms with Gasteiger partial charge >= 0.3 is 0 Å². The Morgan fingerprint density at radius 1 is 1.07 bits per heavy atom. The zero-order valence-electron chi connectivity index (χ0n) is 18.0. The van der Waals surface area contributed by atoms with E-state index >= 15 is 0 Å². The van der Waals surface area contributed by atoms with E-state index in [-0.39, 0.29) is 18.0 Å². The summed E-state index contributed by atoms with van der Waals surface area (Å²) in [5.74, 6) is 0.643. The number of aryl methyl sites for hydroxylation is 1. The number of amides is 1. The minimum absolute atomic E-state index is 0.103. The molecule has 30 heavy (non-hydrogen) atoms. The third-order valence-electron chi connectivity index (χ3n) is 5.50. The molecule has 2 heterocycles. The highest BCUT2D eigenvalue weighted by atomic mass is 16.2. The van der Waals surface area contributed by atoms with E-state index in [1.807, 2.05) is 44.3 Å². The first kappa shape index (κ1) is 19.9. The number of hydrogen-bond donors (Lipinski definition) is 1. The van der Waals surface area contributed by atoms with Crippen molar-refractivity contribution in [1.82, 2.24) is 9.97 Å². The first-order chi connectivity index (χ1) is 14.3. The van der Waals surface area contributed by atoms with E-state index in [1.165, 1.54) is 5.56 Å². The molecule has 0 spiro atoms. The van der Waals surface area contributed by atoms with Crippen molar-refractivity contribution in [1.29, 1.82) is 0 Å². The Morgan fingerprint density at radius 2 is 1.87 bits per heavy atom. The average Bonchev–Trinajstić information content (AvgIpc) is 2.72. The smallest absolute Gasteiger partial charge is 0.249 e. The maximum absolute atomic E-state index is 12.6. The molecule has 0 fully saturated rings. The molecule has 1 aromatic heterocycles. The standard InChI is InChI=1S/C24H27N5O/c1-15(2)29-17(4)23(30)28(5)21-10-9-19(14-22(21)29)26-24-25-12-11-20(27-24)18-8-6-7-16(3)13-18/h6-15,17H,1-5H3,(H,25,26,27)/t17-/m1/s1. The third kappa shape index (κ3) is 3.61.